The minimum Gasteiger partial charge on any atom is -0.395 e. The summed E-state index contributed by atoms with van der Waals surface area (Å²) in [4.78, 5) is 5.14. The van der Waals surface area contributed by atoms with Crippen LogP contribution in [-0.2, 0) is 6.54 Å². The summed E-state index contributed by atoms with van der Waals surface area (Å²) < 4.78 is 13.4. The molecule has 1 fully saturated rings. The van der Waals surface area contributed by atoms with E-state index in [0.717, 1.165) is 22.2 Å². The molecule has 0 amide bonds. The first kappa shape index (κ1) is 15.4. The first-order valence-corrected chi connectivity index (χ1v) is 7.43. The second-order valence-electron chi connectivity index (χ2n) is 6.06. The first-order chi connectivity index (χ1) is 10.4. The van der Waals surface area contributed by atoms with E-state index in [2.05, 4.69) is 4.98 Å². The summed E-state index contributed by atoms with van der Waals surface area (Å²) in [5, 5.41) is 30.3. The molecule has 1 aromatic heterocycles. The Balaban J connectivity index is 1.94. The maximum Gasteiger partial charge on any atom is 0.123 e. The lowest BCUT2D eigenvalue weighted by Gasteiger charge is -2.27. The molecule has 0 aliphatic carbocycles. The Bertz CT molecular complexity index is 687. The van der Waals surface area contributed by atoms with E-state index in [-0.39, 0.29) is 18.5 Å². The number of aliphatic hydroxyl groups excluding tert-OH is 3. The molecule has 120 valence electrons. The topological polar surface area (TPSA) is 79.7 Å². The number of benzene rings is 1. The van der Waals surface area contributed by atoms with Gasteiger partial charge in [-0.05, 0) is 37.6 Å². The molecule has 2 heterocycles. The number of rotatable bonds is 3. The van der Waals surface area contributed by atoms with Gasteiger partial charge in [0.15, 0.2) is 0 Å². The van der Waals surface area contributed by atoms with E-state index in [1.54, 1.807) is 6.07 Å². The van der Waals surface area contributed by atoms with Crippen LogP contribution in [0.5, 0.6) is 0 Å². The molecule has 3 rings (SSSR count). The fourth-order valence-electron chi connectivity index (χ4n) is 3.38. The molecule has 0 unspecified atom stereocenters. The van der Waals surface area contributed by atoms with Gasteiger partial charge in [-0.15, -0.1) is 0 Å². The number of aromatic amines is 1. The van der Waals surface area contributed by atoms with E-state index < -0.39 is 18.2 Å². The molecule has 1 aliphatic heterocycles. The zero-order valence-electron chi connectivity index (χ0n) is 12.6. The van der Waals surface area contributed by atoms with E-state index in [9.17, 15) is 19.7 Å². The average molecular weight is 308 g/mol. The van der Waals surface area contributed by atoms with Crippen molar-refractivity contribution in [2.45, 2.75) is 44.7 Å². The van der Waals surface area contributed by atoms with Crippen LogP contribution in [0.3, 0.4) is 0 Å². The van der Waals surface area contributed by atoms with Crippen molar-refractivity contribution in [2.24, 2.45) is 0 Å². The van der Waals surface area contributed by atoms with E-state index in [1.807, 2.05) is 18.7 Å². The molecule has 1 saturated heterocycles. The molecule has 5 nitrogen and oxygen atoms in total. The number of aryl methyl sites for hydroxylation is 1. The second kappa shape index (κ2) is 5.62. The van der Waals surface area contributed by atoms with Crippen molar-refractivity contribution in [3.8, 4) is 0 Å². The Morgan fingerprint density at radius 1 is 1.27 bits per heavy atom. The Morgan fingerprint density at radius 3 is 2.68 bits per heavy atom. The van der Waals surface area contributed by atoms with Crippen molar-refractivity contribution in [2.75, 3.05) is 6.61 Å². The Labute approximate surface area is 128 Å². The van der Waals surface area contributed by atoms with Crippen LogP contribution in [-0.4, -0.2) is 56.1 Å². The van der Waals surface area contributed by atoms with E-state index in [0.29, 0.717) is 6.54 Å². The molecule has 4 atom stereocenters. The summed E-state index contributed by atoms with van der Waals surface area (Å²) in [7, 11) is 0. The average Bonchev–Trinajstić information content (AvgIpc) is 2.91. The highest BCUT2D eigenvalue weighted by Crippen LogP contribution is 2.29. The van der Waals surface area contributed by atoms with Gasteiger partial charge in [0.25, 0.3) is 0 Å². The molecule has 1 aromatic carbocycles. The van der Waals surface area contributed by atoms with E-state index >= 15 is 0 Å². The van der Waals surface area contributed by atoms with Gasteiger partial charge in [-0.1, -0.05) is 0 Å². The highest BCUT2D eigenvalue weighted by Gasteiger charge is 2.45. The van der Waals surface area contributed by atoms with Crippen molar-refractivity contribution < 1.29 is 19.7 Å². The molecule has 22 heavy (non-hydrogen) atoms. The summed E-state index contributed by atoms with van der Waals surface area (Å²) in [6.45, 7) is 3.95. The molecule has 0 spiro atoms. The van der Waals surface area contributed by atoms with Crippen LogP contribution in [0.25, 0.3) is 10.9 Å². The van der Waals surface area contributed by atoms with Crippen molar-refractivity contribution in [1.29, 1.82) is 0 Å². The lowest BCUT2D eigenvalue weighted by molar-refractivity contribution is 0.0185. The lowest BCUT2D eigenvalue weighted by Crippen LogP contribution is -2.40. The van der Waals surface area contributed by atoms with Crippen LogP contribution < -0.4 is 0 Å². The smallest absolute Gasteiger partial charge is 0.123 e. The van der Waals surface area contributed by atoms with Crippen molar-refractivity contribution in [3.63, 3.8) is 0 Å². The Hall–Kier alpha value is -1.47. The molecule has 0 saturated carbocycles. The number of hydrogen-bond donors (Lipinski definition) is 4. The predicted molar refractivity (Wildman–Crippen MR) is 80.9 cm³/mol. The van der Waals surface area contributed by atoms with E-state index in [4.69, 9.17) is 0 Å². The first-order valence-electron chi connectivity index (χ1n) is 7.43. The lowest BCUT2D eigenvalue weighted by atomic mass is 10.1. The summed E-state index contributed by atoms with van der Waals surface area (Å²) in [6, 6.07) is 3.82. The van der Waals surface area contributed by atoms with Crippen LogP contribution >= 0.6 is 0 Å². The Kier molecular flexibility index (Phi) is 3.94. The van der Waals surface area contributed by atoms with Gasteiger partial charge in [0.2, 0.25) is 0 Å². The van der Waals surface area contributed by atoms with Crippen LogP contribution in [0.1, 0.15) is 18.2 Å². The number of H-pyrrole nitrogens is 1. The SMILES string of the molecule is Cc1c(CN2[C@H](CO)[C@@H](O)[C@@H](O)[C@@H]2C)[nH]c2ccc(F)cc12. The summed E-state index contributed by atoms with van der Waals surface area (Å²) in [5.74, 6) is -0.283. The van der Waals surface area contributed by atoms with Crippen molar-refractivity contribution >= 4 is 10.9 Å². The van der Waals surface area contributed by atoms with Crippen LogP contribution in [0, 0.1) is 12.7 Å². The van der Waals surface area contributed by atoms with Gasteiger partial charge in [-0.3, -0.25) is 4.90 Å². The second-order valence-corrected chi connectivity index (χ2v) is 6.06. The van der Waals surface area contributed by atoms with Gasteiger partial charge in [0, 0.05) is 29.2 Å². The number of aliphatic hydroxyl groups is 3. The third kappa shape index (κ3) is 2.32. The monoisotopic (exact) mass is 308 g/mol. The summed E-state index contributed by atoms with van der Waals surface area (Å²) in [6.07, 6.45) is -1.86. The maximum atomic E-state index is 13.4. The largest absolute Gasteiger partial charge is 0.395 e. The molecule has 4 N–H and O–H groups in total. The number of fused-ring (bicyclic) bond motifs is 1. The molecular formula is C16H21FN2O3. The number of halogens is 1. The number of nitrogens with one attached hydrogen (secondary N) is 1. The third-order valence-electron chi connectivity index (χ3n) is 4.84. The highest BCUT2D eigenvalue weighted by atomic mass is 19.1. The zero-order valence-corrected chi connectivity index (χ0v) is 12.6. The van der Waals surface area contributed by atoms with Gasteiger partial charge in [0.05, 0.1) is 24.9 Å². The van der Waals surface area contributed by atoms with Gasteiger partial charge in [-0.25, -0.2) is 4.39 Å². The molecule has 6 heteroatoms. The predicted octanol–water partition coefficient (Wildman–Crippen LogP) is 0.902. The Morgan fingerprint density at radius 2 is 2.00 bits per heavy atom. The van der Waals surface area contributed by atoms with Gasteiger partial charge < -0.3 is 20.3 Å². The van der Waals surface area contributed by atoms with Crippen molar-refractivity contribution in [3.05, 3.63) is 35.3 Å². The number of nitrogens with zero attached hydrogens (tertiary/aromatic N) is 1. The maximum absolute atomic E-state index is 13.4. The van der Waals surface area contributed by atoms with Gasteiger partial charge in [-0.2, -0.15) is 0 Å². The molecule has 1 aliphatic rings. The molecular weight excluding hydrogens is 287 g/mol. The van der Waals surface area contributed by atoms with Crippen LogP contribution in [0.15, 0.2) is 18.2 Å². The molecule has 0 bridgehead atoms. The summed E-state index contributed by atoms with van der Waals surface area (Å²) >= 11 is 0. The number of likely N-dealkylation sites (tertiary alicyclic amines) is 1. The van der Waals surface area contributed by atoms with Gasteiger partial charge >= 0.3 is 0 Å². The zero-order chi connectivity index (χ0) is 16.0. The number of hydrogen-bond acceptors (Lipinski definition) is 4. The fourth-order valence-corrected chi connectivity index (χ4v) is 3.38. The molecule has 0 radical (unpaired) electrons. The molecule has 2 aromatic rings. The third-order valence-corrected chi connectivity index (χ3v) is 4.84. The van der Waals surface area contributed by atoms with E-state index in [1.165, 1.54) is 12.1 Å². The fraction of sp³-hybridized carbons (Fsp3) is 0.500. The van der Waals surface area contributed by atoms with Crippen LogP contribution in [0.2, 0.25) is 0 Å². The minimum absolute atomic E-state index is 0.226. The normalized spacial score (nSPS) is 29.5. The highest BCUT2D eigenvalue weighted by molar-refractivity contribution is 5.84. The minimum atomic E-state index is -0.970. The van der Waals surface area contributed by atoms with Gasteiger partial charge in [0.1, 0.15) is 5.82 Å². The standard InChI is InChI=1S/C16H21FN2O3/c1-8-11-5-10(17)3-4-12(11)18-13(8)6-19-9(2)15(21)16(22)14(19)7-20/h3-5,9,14-16,18,20-22H,6-7H2,1-2H3/t9-,14+,15-,16+/m0/s1. The number of aromatic nitrogens is 1. The summed E-state index contributed by atoms with van der Waals surface area (Å²) in [5.41, 5.74) is 2.68. The van der Waals surface area contributed by atoms with Crippen molar-refractivity contribution in [1.82, 2.24) is 9.88 Å². The van der Waals surface area contributed by atoms with Crippen LogP contribution in [0.4, 0.5) is 4.39 Å². The quantitative estimate of drug-likeness (QED) is 0.679.